The molecule has 0 saturated heterocycles. The summed E-state index contributed by atoms with van der Waals surface area (Å²) in [5.41, 5.74) is 1.17. The van der Waals surface area contributed by atoms with Crippen LogP contribution in [0, 0.1) is 0 Å². The molecule has 0 amide bonds. The number of benzene rings is 1. The van der Waals surface area contributed by atoms with Crippen LogP contribution in [-0.4, -0.2) is 31.6 Å². The van der Waals surface area contributed by atoms with Gasteiger partial charge in [0.15, 0.2) is 5.96 Å². The minimum Gasteiger partial charge on any atom is -0.497 e. The summed E-state index contributed by atoms with van der Waals surface area (Å²) in [5.74, 6) is 3.13. The molecular weight excluding hydrogens is 443 g/mol. The van der Waals surface area contributed by atoms with Gasteiger partial charge < -0.3 is 19.8 Å². The summed E-state index contributed by atoms with van der Waals surface area (Å²) in [7, 11) is 3.42. The predicted molar refractivity (Wildman–Crippen MR) is 116 cm³/mol. The molecule has 0 unspecified atom stereocenters. The van der Waals surface area contributed by atoms with E-state index in [0.717, 1.165) is 30.4 Å². The fraction of sp³-hybridized carbons (Fsp3) is 0.474. The van der Waals surface area contributed by atoms with E-state index in [1.807, 2.05) is 18.2 Å². The Hall–Kier alpha value is -1.77. The molecule has 6 nitrogen and oxygen atoms in total. The van der Waals surface area contributed by atoms with E-state index in [1.54, 1.807) is 20.4 Å². The molecule has 0 aliphatic heterocycles. The quantitative estimate of drug-likeness (QED) is 0.383. The summed E-state index contributed by atoms with van der Waals surface area (Å²) in [6, 6.07) is 8.07. The molecule has 1 aromatic heterocycles. The molecule has 0 aliphatic carbocycles. The molecule has 0 spiro atoms. The van der Waals surface area contributed by atoms with Gasteiger partial charge in [0, 0.05) is 19.0 Å². The Bertz CT molecular complexity index is 708. The molecule has 0 radical (unpaired) electrons. The SMILES string of the molecule is CN=C(NCCc1cccc(OC)c1)NCc1ncc(C(C)(C)C)o1.I. The number of rotatable bonds is 6. The number of ether oxygens (including phenoxy) is 1. The maximum Gasteiger partial charge on any atom is 0.213 e. The first-order valence-corrected chi connectivity index (χ1v) is 8.45. The van der Waals surface area contributed by atoms with Crippen molar-refractivity contribution in [3.63, 3.8) is 0 Å². The van der Waals surface area contributed by atoms with E-state index in [2.05, 4.69) is 47.4 Å². The van der Waals surface area contributed by atoms with Crippen LogP contribution in [0.4, 0.5) is 0 Å². The Morgan fingerprint density at radius 3 is 2.65 bits per heavy atom. The van der Waals surface area contributed by atoms with E-state index in [0.29, 0.717) is 12.4 Å². The zero-order valence-electron chi connectivity index (χ0n) is 16.1. The second-order valence-corrected chi connectivity index (χ2v) is 6.82. The summed E-state index contributed by atoms with van der Waals surface area (Å²) in [5, 5.41) is 6.51. The molecule has 2 N–H and O–H groups in total. The van der Waals surface area contributed by atoms with Gasteiger partial charge in [0.05, 0.1) is 19.9 Å². The van der Waals surface area contributed by atoms with Crippen LogP contribution >= 0.6 is 24.0 Å². The lowest BCUT2D eigenvalue weighted by Gasteiger charge is -2.13. The van der Waals surface area contributed by atoms with Crippen molar-refractivity contribution < 1.29 is 9.15 Å². The van der Waals surface area contributed by atoms with Crippen molar-refractivity contribution in [3.05, 3.63) is 47.7 Å². The molecule has 1 heterocycles. The molecule has 1 aromatic carbocycles. The first-order chi connectivity index (χ1) is 11.9. The molecule has 0 fully saturated rings. The highest BCUT2D eigenvalue weighted by Crippen LogP contribution is 2.22. The van der Waals surface area contributed by atoms with Crippen molar-refractivity contribution in [1.29, 1.82) is 0 Å². The zero-order chi connectivity index (χ0) is 18.3. The molecule has 2 rings (SSSR count). The molecule has 0 atom stereocenters. The van der Waals surface area contributed by atoms with Crippen molar-refractivity contribution in [3.8, 4) is 5.75 Å². The molecule has 0 saturated carbocycles. The number of aromatic nitrogens is 1. The van der Waals surface area contributed by atoms with Crippen LogP contribution in [0.25, 0.3) is 0 Å². The van der Waals surface area contributed by atoms with Crippen molar-refractivity contribution in [2.75, 3.05) is 20.7 Å². The third-order valence-corrected chi connectivity index (χ3v) is 3.76. The van der Waals surface area contributed by atoms with Crippen LogP contribution in [0.5, 0.6) is 5.75 Å². The number of methoxy groups -OCH3 is 1. The van der Waals surface area contributed by atoms with Crippen LogP contribution < -0.4 is 15.4 Å². The van der Waals surface area contributed by atoms with Gasteiger partial charge in [-0.05, 0) is 24.1 Å². The topological polar surface area (TPSA) is 71.7 Å². The van der Waals surface area contributed by atoms with Crippen LogP contribution in [0.1, 0.15) is 38.0 Å². The maximum atomic E-state index is 5.77. The van der Waals surface area contributed by atoms with Crippen LogP contribution in [0.2, 0.25) is 0 Å². The summed E-state index contributed by atoms with van der Waals surface area (Å²) >= 11 is 0. The van der Waals surface area contributed by atoms with Crippen molar-refractivity contribution in [2.24, 2.45) is 4.99 Å². The predicted octanol–water partition coefficient (Wildman–Crippen LogP) is 3.51. The fourth-order valence-corrected chi connectivity index (χ4v) is 2.27. The number of hydrogen-bond donors (Lipinski definition) is 2. The Labute approximate surface area is 172 Å². The Balaban J connectivity index is 0.00000338. The van der Waals surface area contributed by atoms with E-state index in [-0.39, 0.29) is 29.4 Å². The summed E-state index contributed by atoms with van der Waals surface area (Å²) in [6.07, 6.45) is 2.67. The number of halogens is 1. The number of nitrogens with zero attached hydrogens (tertiary/aromatic N) is 2. The van der Waals surface area contributed by atoms with Gasteiger partial charge in [-0.25, -0.2) is 4.98 Å². The first-order valence-electron chi connectivity index (χ1n) is 8.45. The highest BCUT2D eigenvalue weighted by molar-refractivity contribution is 14.0. The average molecular weight is 472 g/mol. The zero-order valence-corrected chi connectivity index (χ0v) is 18.5. The summed E-state index contributed by atoms with van der Waals surface area (Å²) in [6.45, 7) is 7.57. The van der Waals surface area contributed by atoms with Gasteiger partial charge in [0.2, 0.25) is 5.89 Å². The smallest absolute Gasteiger partial charge is 0.213 e. The second kappa shape index (κ2) is 10.4. The van der Waals surface area contributed by atoms with Gasteiger partial charge in [0.25, 0.3) is 0 Å². The number of hydrogen-bond acceptors (Lipinski definition) is 4. The highest BCUT2D eigenvalue weighted by atomic mass is 127. The Kier molecular flexibility index (Phi) is 8.91. The Morgan fingerprint density at radius 1 is 1.27 bits per heavy atom. The maximum absolute atomic E-state index is 5.77. The third-order valence-electron chi connectivity index (χ3n) is 3.76. The summed E-state index contributed by atoms with van der Waals surface area (Å²) < 4.78 is 11.0. The van der Waals surface area contributed by atoms with Crippen LogP contribution in [0.3, 0.4) is 0 Å². The molecule has 26 heavy (non-hydrogen) atoms. The first kappa shape index (κ1) is 22.3. The van der Waals surface area contributed by atoms with Crippen LogP contribution in [-0.2, 0) is 18.4 Å². The van der Waals surface area contributed by atoms with E-state index in [1.165, 1.54) is 5.56 Å². The van der Waals surface area contributed by atoms with Crippen molar-refractivity contribution >= 4 is 29.9 Å². The van der Waals surface area contributed by atoms with E-state index in [4.69, 9.17) is 9.15 Å². The van der Waals surface area contributed by atoms with Gasteiger partial charge in [-0.1, -0.05) is 32.9 Å². The normalized spacial score (nSPS) is 11.7. The summed E-state index contributed by atoms with van der Waals surface area (Å²) in [4.78, 5) is 8.53. The molecule has 0 bridgehead atoms. The fourth-order valence-electron chi connectivity index (χ4n) is 2.27. The second-order valence-electron chi connectivity index (χ2n) is 6.82. The number of nitrogens with one attached hydrogen (secondary N) is 2. The van der Waals surface area contributed by atoms with Gasteiger partial charge in [-0.2, -0.15) is 0 Å². The van der Waals surface area contributed by atoms with Crippen molar-refractivity contribution in [1.82, 2.24) is 15.6 Å². The molecule has 7 heteroatoms. The van der Waals surface area contributed by atoms with Gasteiger partial charge in [-0.3, -0.25) is 4.99 Å². The number of guanidine groups is 1. The van der Waals surface area contributed by atoms with E-state index >= 15 is 0 Å². The van der Waals surface area contributed by atoms with Gasteiger partial charge >= 0.3 is 0 Å². The molecule has 0 aliphatic rings. The van der Waals surface area contributed by atoms with Crippen molar-refractivity contribution in [2.45, 2.75) is 39.2 Å². The molecule has 144 valence electrons. The number of oxazole rings is 1. The lowest BCUT2D eigenvalue weighted by molar-refractivity contribution is 0.379. The number of aliphatic imine (C=N–C) groups is 1. The van der Waals surface area contributed by atoms with E-state index < -0.39 is 0 Å². The minimum absolute atomic E-state index is 0. The highest BCUT2D eigenvalue weighted by Gasteiger charge is 2.19. The minimum atomic E-state index is -0.0398. The average Bonchev–Trinajstić information content (AvgIpc) is 3.07. The third kappa shape index (κ3) is 6.86. The molecular formula is C19H29IN4O2. The van der Waals surface area contributed by atoms with Gasteiger partial charge in [-0.15, -0.1) is 24.0 Å². The van der Waals surface area contributed by atoms with Gasteiger partial charge in [0.1, 0.15) is 11.5 Å². The largest absolute Gasteiger partial charge is 0.497 e. The Morgan fingerprint density at radius 2 is 2.04 bits per heavy atom. The lowest BCUT2D eigenvalue weighted by atomic mass is 9.94. The van der Waals surface area contributed by atoms with Crippen LogP contribution in [0.15, 0.2) is 39.9 Å². The lowest BCUT2D eigenvalue weighted by Crippen LogP contribution is -2.37. The monoisotopic (exact) mass is 472 g/mol. The standard InChI is InChI=1S/C19H28N4O2.HI/c1-19(2,3)16-12-22-17(25-16)13-23-18(20-4)21-10-9-14-7-6-8-15(11-14)24-5;/h6-8,11-12H,9-10,13H2,1-5H3,(H2,20,21,23);1H. The van der Waals surface area contributed by atoms with E-state index in [9.17, 15) is 0 Å². The molecule has 2 aromatic rings.